The highest BCUT2D eigenvalue weighted by atomic mass is 16.4. The topological polar surface area (TPSA) is 102 Å². The number of hydrogen-bond donors (Lipinski definition) is 3. The van der Waals surface area contributed by atoms with Crippen molar-refractivity contribution in [2.75, 3.05) is 6.54 Å². The quantitative estimate of drug-likeness (QED) is 0.639. The van der Waals surface area contributed by atoms with Crippen LogP contribution in [0.2, 0.25) is 0 Å². The van der Waals surface area contributed by atoms with Crippen molar-refractivity contribution in [3.8, 4) is 6.07 Å². The summed E-state index contributed by atoms with van der Waals surface area (Å²) in [5, 5.41) is 22.1. The SMILES string of the molecule is CC(CCNC(=O)O)CC(=O)NC1(C#N)CC1. The molecule has 1 atom stereocenters. The fraction of sp³-hybridized carbons (Fsp3) is 0.727. The molecule has 1 unspecified atom stereocenters. The third kappa shape index (κ3) is 4.72. The molecule has 17 heavy (non-hydrogen) atoms. The van der Waals surface area contributed by atoms with E-state index in [2.05, 4.69) is 16.7 Å². The Morgan fingerprint density at radius 3 is 2.65 bits per heavy atom. The molecule has 2 amide bonds. The zero-order chi connectivity index (χ0) is 12.9. The molecule has 0 aliphatic heterocycles. The molecule has 0 aromatic carbocycles. The van der Waals surface area contributed by atoms with Crippen molar-refractivity contribution in [3.05, 3.63) is 0 Å². The lowest BCUT2D eigenvalue weighted by molar-refractivity contribution is -0.122. The average molecular weight is 239 g/mol. The van der Waals surface area contributed by atoms with Gasteiger partial charge in [0.05, 0.1) is 6.07 Å². The Balaban J connectivity index is 2.18. The highest BCUT2D eigenvalue weighted by molar-refractivity contribution is 5.78. The molecule has 6 heteroatoms. The van der Waals surface area contributed by atoms with Crippen LogP contribution < -0.4 is 10.6 Å². The van der Waals surface area contributed by atoms with Crippen LogP contribution in [-0.4, -0.2) is 29.2 Å². The van der Waals surface area contributed by atoms with Gasteiger partial charge in [-0.2, -0.15) is 5.26 Å². The first-order valence-electron chi connectivity index (χ1n) is 5.66. The van der Waals surface area contributed by atoms with Gasteiger partial charge < -0.3 is 15.7 Å². The molecule has 6 nitrogen and oxygen atoms in total. The molecule has 1 fully saturated rings. The van der Waals surface area contributed by atoms with Crippen molar-refractivity contribution in [1.29, 1.82) is 5.26 Å². The molecule has 0 radical (unpaired) electrons. The van der Waals surface area contributed by atoms with Gasteiger partial charge in [0, 0.05) is 13.0 Å². The Bertz CT molecular complexity index is 344. The molecular weight excluding hydrogens is 222 g/mol. The average Bonchev–Trinajstić information content (AvgIpc) is 2.97. The van der Waals surface area contributed by atoms with Gasteiger partial charge in [0.2, 0.25) is 5.91 Å². The molecule has 0 aromatic rings. The predicted octanol–water partition coefficient (Wildman–Crippen LogP) is 0.843. The molecule has 1 saturated carbocycles. The first-order valence-corrected chi connectivity index (χ1v) is 5.66. The normalized spacial score (nSPS) is 17.6. The smallest absolute Gasteiger partial charge is 0.404 e. The summed E-state index contributed by atoms with van der Waals surface area (Å²) in [6, 6.07) is 2.09. The maximum absolute atomic E-state index is 11.6. The van der Waals surface area contributed by atoms with E-state index in [-0.39, 0.29) is 11.8 Å². The minimum absolute atomic E-state index is 0.0938. The van der Waals surface area contributed by atoms with Crippen molar-refractivity contribution in [2.24, 2.45) is 5.92 Å². The molecule has 3 N–H and O–H groups in total. The van der Waals surface area contributed by atoms with Gasteiger partial charge in [-0.05, 0) is 25.2 Å². The van der Waals surface area contributed by atoms with Gasteiger partial charge in [-0.1, -0.05) is 6.92 Å². The molecule has 0 bridgehead atoms. The van der Waals surface area contributed by atoms with Crippen LogP contribution in [0.15, 0.2) is 0 Å². The summed E-state index contributed by atoms with van der Waals surface area (Å²) in [5.41, 5.74) is -0.615. The first kappa shape index (κ1) is 13.3. The van der Waals surface area contributed by atoms with E-state index < -0.39 is 11.6 Å². The van der Waals surface area contributed by atoms with Gasteiger partial charge in [0.25, 0.3) is 0 Å². The van der Waals surface area contributed by atoms with E-state index >= 15 is 0 Å². The van der Waals surface area contributed by atoms with Gasteiger partial charge in [0.1, 0.15) is 5.54 Å². The maximum Gasteiger partial charge on any atom is 0.404 e. The van der Waals surface area contributed by atoms with E-state index in [4.69, 9.17) is 10.4 Å². The lowest BCUT2D eigenvalue weighted by Crippen LogP contribution is -2.36. The van der Waals surface area contributed by atoms with E-state index in [1.165, 1.54) is 0 Å². The second-order valence-corrected chi connectivity index (χ2v) is 4.57. The summed E-state index contributed by atoms with van der Waals surface area (Å²) in [6.45, 7) is 2.22. The number of nitrogens with zero attached hydrogens (tertiary/aromatic N) is 1. The van der Waals surface area contributed by atoms with Crippen LogP contribution in [0.3, 0.4) is 0 Å². The van der Waals surface area contributed by atoms with Crippen LogP contribution in [0.4, 0.5) is 4.79 Å². The first-order chi connectivity index (χ1) is 7.97. The summed E-state index contributed by atoms with van der Waals surface area (Å²) < 4.78 is 0. The van der Waals surface area contributed by atoms with Gasteiger partial charge >= 0.3 is 6.09 Å². The van der Waals surface area contributed by atoms with Crippen molar-refractivity contribution in [2.45, 2.75) is 38.1 Å². The Hall–Kier alpha value is -1.77. The number of hydrogen-bond acceptors (Lipinski definition) is 3. The largest absolute Gasteiger partial charge is 0.465 e. The van der Waals surface area contributed by atoms with Crippen molar-refractivity contribution in [3.63, 3.8) is 0 Å². The highest BCUT2D eigenvalue weighted by Crippen LogP contribution is 2.34. The molecule has 0 aromatic heterocycles. The highest BCUT2D eigenvalue weighted by Gasteiger charge is 2.44. The number of carbonyl (C=O) groups excluding carboxylic acids is 1. The Morgan fingerprint density at radius 1 is 1.53 bits per heavy atom. The minimum Gasteiger partial charge on any atom is -0.465 e. The summed E-state index contributed by atoms with van der Waals surface area (Å²) >= 11 is 0. The maximum atomic E-state index is 11.6. The number of nitrogens with one attached hydrogen (secondary N) is 2. The molecule has 0 heterocycles. The zero-order valence-corrected chi connectivity index (χ0v) is 9.82. The minimum atomic E-state index is -1.05. The monoisotopic (exact) mass is 239 g/mol. The lowest BCUT2D eigenvalue weighted by Gasteiger charge is -2.13. The fourth-order valence-corrected chi connectivity index (χ4v) is 1.55. The van der Waals surface area contributed by atoms with Crippen molar-refractivity contribution < 1.29 is 14.7 Å². The van der Waals surface area contributed by atoms with Crippen LogP contribution in [-0.2, 0) is 4.79 Å². The Morgan fingerprint density at radius 2 is 2.18 bits per heavy atom. The van der Waals surface area contributed by atoms with Gasteiger partial charge in [-0.3, -0.25) is 4.79 Å². The third-order valence-electron chi connectivity index (χ3n) is 2.79. The second-order valence-electron chi connectivity index (χ2n) is 4.57. The van der Waals surface area contributed by atoms with E-state index in [0.717, 1.165) is 12.8 Å². The standard InChI is InChI=1S/C11H17N3O3/c1-8(2-5-13-10(16)17)6-9(15)14-11(7-12)3-4-11/h8,13H,2-6H2,1H3,(H,14,15)(H,16,17). The summed E-state index contributed by atoms with van der Waals surface area (Å²) in [6.07, 6.45) is 1.33. The molecule has 1 rings (SSSR count). The van der Waals surface area contributed by atoms with E-state index in [1.54, 1.807) is 0 Å². The second kappa shape index (κ2) is 5.53. The van der Waals surface area contributed by atoms with Crippen LogP contribution >= 0.6 is 0 Å². The van der Waals surface area contributed by atoms with Gasteiger partial charge in [-0.15, -0.1) is 0 Å². The third-order valence-corrected chi connectivity index (χ3v) is 2.79. The lowest BCUT2D eigenvalue weighted by atomic mass is 10.0. The summed E-state index contributed by atoms with van der Waals surface area (Å²) in [7, 11) is 0. The van der Waals surface area contributed by atoms with Crippen molar-refractivity contribution >= 4 is 12.0 Å². The Labute approximate surface area is 100.0 Å². The van der Waals surface area contributed by atoms with E-state index in [9.17, 15) is 9.59 Å². The van der Waals surface area contributed by atoms with Crippen LogP contribution in [0.25, 0.3) is 0 Å². The molecule has 1 aliphatic rings. The van der Waals surface area contributed by atoms with Gasteiger partial charge in [0.15, 0.2) is 0 Å². The molecule has 94 valence electrons. The van der Waals surface area contributed by atoms with E-state index in [0.29, 0.717) is 19.4 Å². The zero-order valence-electron chi connectivity index (χ0n) is 9.82. The predicted molar refractivity (Wildman–Crippen MR) is 60.1 cm³/mol. The molecule has 0 spiro atoms. The van der Waals surface area contributed by atoms with Crippen LogP contribution in [0, 0.1) is 17.2 Å². The van der Waals surface area contributed by atoms with Gasteiger partial charge in [-0.25, -0.2) is 4.79 Å². The number of rotatable bonds is 6. The molecule has 1 aliphatic carbocycles. The summed E-state index contributed by atoms with van der Waals surface area (Å²) in [5.74, 6) is -0.0387. The van der Waals surface area contributed by atoms with Crippen molar-refractivity contribution in [1.82, 2.24) is 10.6 Å². The molecule has 0 saturated heterocycles. The number of amides is 2. The number of carboxylic acid groups (broad SMARTS) is 1. The van der Waals surface area contributed by atoms with Crippen LogP contribution in [0.5, 0.6) is 0 Å². The Kier molecular flexibility index (Phi) is 4.32. The van der Waals surface area contributed by atoms with Crippen LogP contribution in [0.1, 0.15) is 32.6 Å². The molecular formula is C11H17N3O3. The van der Waals surface area contributed by atoms with E-state index in [1.807, 2.05) is 6.92 Å². The number of nitriles is 1. The fourth-order valence-electron chi connectivity index (χ4n) is 1.55. The number of carbonyl (C=O) groups is 2. The summed E-state index contributed by atoms with van der Waals surface area (Å²) in [4.78, 5) is 21.8.